The van der Waals surface area contributed by atoms with E-state index in [2.05, 4.69) is 60.2 Å². The van der Waals surface area contributed by atoms with Gasteiger partial charge in [-0.15, -0.1) is 0 Å². The van der Waals surface area contributed by atoms with Crippen molar-refractivity contribution in [2.75, 3.05) is 0 Å². The molecule has 0 atom stereocenters. The van der Waals surface area contributed by atoms with Crippen molar-refractivity contribution >= 4 is 27.8 Å². The molecule has 0 bridgehead atoms. The zero-order valence-electron chi connectivity index (χ0n) is 19.2. The maximum Gasteiger partial charge on any atom is 0.307 e. The number of carboxylic acids is 1. The smallest absolute Gasteiger partial charge is 0.307 e. The van der Waals surface area contributed by atoms with Crippen molar-refractivity contribution < 1.29 is 9.90 Å². The molecular formula is C28H34N2O2. The summed E-state index contributed by atoms with van der Waals surface area (Å²) in [4.78, 5) is 18.9. The molecule has 4 aromatic rings. The number of aromatic amines is 2. The first-order chi connectivity index (χ1) is 15.6. The fraction of sp³-hybridized carbons (Fsp3) is 0.393. The number of fused-ring (bicyclic) bond motifs is 2. The number of H-pyrrole nitrogens is 2. The molecule has 2 aromatic heterocycles. The van der Waals surface area contributed by atoms with E-state index in [9.17, 15) is 9.90 Å². The summed E-state index contributed by atoms with van der Waals surface area (Å²) in [5.41, 5.74) is 6.99. The Hall–Kier alpha value is -3.01. The summed E-state index contributed by atoms with van der Waals surface area (Å²) in [5.74, 6) is -1.20. The average molecular weight is 431 g/mol. The lowest BCUT2D eigenvalue weighted by molar-refractivity contribution is -0.141. The third-order valence-electron chi connectivity index (χ3n) is 6.58. The van der Waals surface area contributed by atoms with E-state index in [-0.39, 0.29) is 0 Å². The molecule has 2 aromatic carbocycles. The van der Waals surface area contributed by atoms with Crippen LogP contribution in [0.5, 0.6) is 0 Å². The second-order valence-electron chi connectivity index (χ2n) is 9.04. The van der Waals surface area contributed by atoms with Crippen molar-refractivity contribution in [1.29, 1.82) is 0 Å². The SMILES string of the molecule is CCCCc1ccc2[nH]cc(CC(Cc3c[nH]c4ccc(CCCC)cc34)C(=O)O)c2c1. The average Bonchev–Trinajstić information content (AvgIpc) is 3.39. The fourth-order valence-electron chi connectivity index (χ4n) is 4.64. The number of carbonyl (C=O) groups is 1. The molecule has 0 spiro atoms. The molecule has 4 nitrogen and oxygen atoms in total. The van der Waals surface area contributed by atoms with Gasteiger partial charge in [-0.2, -0.15) is 0 Å². The van der Waals surface area contributed by atoms with Crippen molar-refractivity contribution in [2.24, 2.45) is 5.92 Å². The number of aliphatic carboxylic acids is 1. The van der Waals surface area contributed by atoms with Crippen LogP contribution in [0, 0.1) is 5.92 Å². The van der Waals surface area contributed by atoms with E-state index in [1.807, 2.05) is 12.4 Å². The summed E-state index contributed by atoms with van der Waals surface area (Å²) in [7, 11) is 0. The number of rotatable bonds is 11. The molecule has 0 amide bonds. The standard InChI is InChI=1S/C28H34N2O2/c1-3-5-7-19-9-11-26-24(13-19)22(17-29-26)15-21(28(31)32)16-23-18-30-27-12-10-20(8-6-4-2)14-25(23)27/h9-14,17-18,21,29-30H,3-8,15-16H2,1-2H3,(H,31,32). The molecule has 0 saturated carbocycles. The number of nitrogens with one attached hydrogen (secondary N) is 2. The predicted molar refractivity (Wildman–Crippen MR) is 132 cm³/mol. The minimum atomic E-state index is -0.738. The molecule has 0 unspecified atom stereocenters. The topological polar surface area (TPSA) is 68.9 Å². The Bertz CT molecular complexity index is 1110. The molecule has 3 N–H and O–H groups in total. The van der Waals surface area contributed by atoms with Crippen molar-refractivity contribution in [2.45, 2.75) is 65.2 Å². The highest BCUT2D eigenvalue weighted by molar-refractivity contribution is 5.86. The molecule has 4 rings (SSSR count). The molecule has 0 radical (unpaired) electrons. The van der Waals surface area contributed by atoms with Gasteiger partial charge in [0.2, 0.25) is 0 Å². The van der Waals surface area contributed by atoms with E-state index >= 15 is 0 Å². The molecular weight excluding hydrogens is 396 g/mol. The van der Waals surface area contributed by atoms with E-state index in [1.54, 1.807) is 0 Å². The summed E-state index contributed by atoms with van der Waals surface area (Å²) in [6.07, 6.45) is 11.8. The first kappa shape index (κ1) is 22.2. The van der Waals surface area contributed by atoms with Crippen molar-refractivity contribution in [1.82, 2.24) is 9.97 Å². The van der Waals surface area contributed by atoms with Crippen molar-refractivity contribution in [3.63, 3.8) is 0 Å². The molecule has 0 aliphatic heterocycles. The van der Waals surface area contributed by atoms with Crippen LogP contribution in [-0.2, 0) is 30.5 Å². The Morgan fingerprint density at radius 3 is 1.69 bits per heavy atom. The summed E-state index contributed by atoms with van der Waals surface area (Å²) in [6, 6.07) is 13.1. The fourth-order valence-corrected chi connectivity index (χ4v) is 4.64. The Balaban J connectivity index is 1.58. The van der Waals surface area contributed by atoms with Gasteiger partial charge < -0.3 is 15.1 Å². The van der Waals surface area contributed by atoms with Crippen LogP contribution in [0.2, 0.25) is 0 Å². The van der Waals surface area contributed by atoms with Crippen LogP contribution in [-0.4, -0.2) is 21.0 Å². The lowest BCUT2D eigenvalue weighted by atomic mass is 9.91. The normalized spacial score (nSPS) is 11.7. The lowest BCUT2D eigenvalue weighted by Crippen LogP contribution is -2.19. The first-order valence-electron chi connectivity index (χ1n) is 12.0. The predicted octanol–water partition coefficient (Wildman–Crippen LogP) is 6.82. The number of hydrogen-bond donors (Lipinski definition) is 3. The number of unbranched alkanes of at least 4 members (excludes halogenated alkanes) is 2. The van der Waals surface area contributed by atoms with Crippen LogP contribution >= 0.6 is 0 Å². The first-order valence-corrected chi connectivity index (χ1v) is 12.0. The molecule has 0 aliphatic rings. The highest BCUT2D eigenvalue weighted by Crippen LogP contribution is 2.28. The van der Waals surface area contributed by atoms with Crippen LogP contribution in [0.25, 0.3) is 21.8 Å². The molecule has 168 valence electrons. The second kappa shape index (κ2) is 10.1. The Labute approximate surface area is 190 Å². The van der Waals surface area contributed by atoms with Gasteiger partial charge >= 0.3 is 5.97 Å². The van der Waals surface area contributed by atoms with Crippen LogP contribution in [0.3, 0.4) is 0 Å². The van der Waals surface area contributed by atoms with Gasteiger partial charge in [-0.05, 0) is 85.0 Å². The van der Waals surface area contributed by atoms with Crippen LogP contribution in [0.1, 0.15) is 61.8 Å². The van der Waals surface area contributed by atoms with Gasteiger partial charge in [-0.1, -0.05) is 38.8 Å². The van der Waals surface area contributed by atoms with Gasteiger partial charge in [-0.25, -0.2) is 0 Å². The molecule has 2 heterocycles. The third kappa shape index (κ3) is 4.90. The Morgan fingerprint density at radius 2 is 1.28 bits per heavy atom. The van der Waals surface area contributed by atoms with Gasteiger partial charge in [0.1, 0.15) is 0 Å². The number of aromatic nitrogens is 2. The quantitative estimate of drug-likeness (QED) is 0.244. The van der Waals surface area contributed by atoms with Gasteiger partial charge in [0, 0.05) is 34.2 Å². The largest absolute Gasteiger partial charge is 0.481 e. The third-order valence-corrected chi connectivity index (χ3v) is 6.58. The minimum Gasteiger partial charge on any atom is -0.481 e. The monoisotopic (exact) mass is 430 g/mol. The summed E-state index contributed by atoms with van der Waals surface area (Å²) in [6.45, 7) is 4.41. The van der Waals surface area contributed by atoms with Gasteiger partial charge in [-0.3, -0.25) is 4.79 Å². The molecule has 4 heteroatoms. The number of hydrogen-bond acceptors (Lipinski definition) is 1. The highest BCUT2D eigenvalue weighted by atomic mass is 16.4. The van der Waals surface area contributed by atoms with E-state index < -0.39 is 11.9 Å². The second-order valence-corrected chi connectivity index (χ2v) is 9.04. The molecule has 0 aliphatic carbocycles. The summed E-state index contributed by atoms with van der Waals surface area (Å²) < 4.78 is 0. The van der Waals surface area contributed by atoms with Gasteiger partial charge in [0.05, 0.1) is 5.92 Å². The van der Waals surface area contributed by atoms with Crippen LogP contribution in [0.4, 0.5) is 0 Å². The zero-order valence-corrected chi connectivity index (χ0v) is 19.2. The molecule has 0 saturated heterocycles. The number of benzene rings is 2. The maximum atomic E-state index is 12.2. The van der Waals surface area contributed by atoms with Crippen molar-refractivity contribution in [3.05, 3.63) is 71.0 Å². The summed E-state index contributed by atoms with van der Waals surface area (Å²) >= 11 is 0. The van der Waals surface area contributed by atoms with E-state index in [1.165, 1.54) is 36.8 Å². The van der Waals surface area contributed by atoms with Gasteiger partial charge in [0.15, 0.2) is 0 Å². The van der Waals surface area contributed by atoms with E-state index in [4.69, 9.17) is 0 Å². The van der Waals surface area contributed by atoms with Crippen molar-refractivity contribution in [3.8, 4) is 0 Å². The summed E-state index contributed by atoms with van der Waals surface area (Å²) in [5, 5.41) is 12.4. The van der Waals surface area contributed by atoms with Gasteiger partial charge in [0.25, 0.3) is 0 Å². The van der Waals surface area contributed by atoms with Crippen LogP contribution < -0.4 is 0 Å². The molecule has 0 fully saturated rings. The highest BCUT2D eigenvalue weighted by Gasteiger charge is 2.22. The number of aryl methyl sites for hydroxylation is 2. The van der Waals surface area contributed by atoms with E-state index in [0.29, 0.717) is 12.8 Å². The van der Waals surface area contributed by atoms with Crippen LogP contribution in [0.15, 0.2) is 48.8 Å². The zero-order chi connectivity index (χ0) is 22.5. The molecule has 32 heavy (non-hydrogen) atoms. The maximum absolute atomic E-state index is 12.2. The Kier molecular flexibility index (Phi) is 6.99. The number of carboxylic acid groups (broad SMARTS) is 1. The lowest BCUT2D eigenvalue weighted by Gasteiger charge is -2.12. The Morgan fingerprint density at radius 1 is 0.812 bits per heavy atom. The minimum absolute atomic E-state index is 0.466. The van der Waals surface area contributed by atoms with E-state index in [0.717, 1.165) is 45.8 Å².